The van der Waals surface area contributed by atoms with Crippen molar-refractivity contribution in [2.45, 2.75) is 63.6 Å². The maximum Gasteiger partial charge on any atom is 0.416 e. The van der Waals surface area contributed by atoms with Gasteiger partial charge < -0.3 is 5.11 Å². The van der Waals surface area contributed by atoms with Crippen molar-refractivity contribution in [3.05, 3.63) is 35.4 Å². The first kappa shape index (κ1) is 16.3. The monoisotopic (exact) mass is 300 g/mol. The number of halogens is 3. The van der Waals surface area contributed by atoms with E-state index in [-0.39, 0.29) is 0 Å². The molecular formula is C17H23F3O. The van der Waals surface area contributed by atoms with Crippen LogP contribution in [0.3, 0.4) is 0 Å². The molecule has 0 aliphatic heterocycles. The molecule has 1 fully saturated rings. The van der Waals surface area contributed by atoms with E-state index in [1.165, 1.54) is 12.1 Å². The van der Waals surface area contributed by atoms with Crippen molar-refractivity contribution in [1.82, 2.24) is 0 Å². The van der Waals surface area contributed by atoms with Gasteiger partial charge >= 0.3 is 6.18 Å². The molecule has 2 rings (SSSR count). The molecule has 1 nitrogen and oxygen atoms in total. The van der Waals surface area contributed by atoms with Crippen LogP contribution in [0.5, 0.6) is 0 Å². The van der Waals surface area contributed by atoms with Crippen LogP contribution in [-0.4, -0.2) is 10.7 Å². The van der Waals surface area contributed by atoms with Crippen molar-refractivity contribution >= 4 is 0 Å². The van der Waals surface area contributed by atoms with E-state index >= 15 is 0 Å². The van der Waals surface area contributed by atoms with Crippen molar-refractivity contribution in [3.8, 4) is 0 Å². The van der Waals surface area contributed by atoms with Crippen LogP contribution in [0.4, 0.5) is 13.2 Å². The average Bonchev–Trinajstić information content (AvgIpc) is 2.36. The van der Waals surface area contributed by atoms with Gasteiger partial charge in [0.25, 0.3) is 0 Å². The molecule has 1 saturated carbocycles. The summed E-state index contributed by atoms with van der Waals surface area (Å²) in [5.41, 5.74) is -0.272. The second kappa shape index (κ2) is 5.99. The summed E-state index contributed by atoms with van der Waals surface area (Å²) in [5, 5.41) is 9.93. The minimum absolute atomic E-state index is 0.313. The Balaban J connectivity index is 2.04. The van der Waals surface area contributed by atoms with E-state index in [9.17, 15) is 18.3 Å². The zero-order valence-corrected chi connectivity index (χ0v) is 12.6. The van der Waals surface area contributed by atoms with Crippen molar-refractivity contribution < 1.29 is 18.3 Å². The van der Waals surface area contributed by atoms with Gasteiger partial charge in [-0.2, -0.15) is 13.2 Å². The van der Waals surface area contributed by atoms with E-state index in [4.69, 9.17) is 0 Å². The fraction of sp³-hybridized carbons (Fsp3) is 0.647. The summed E-state index contributed by atoms with van der Waals surface area (Å²) in [7, 11) is 0. The van der Waals surface area contributed by atoms with E-state index in [1.807, 2.05) is 13.8 Å². The highest BCUT2D eigenvalue weighted by molar-refractivity contribution is 5.27. The molecule has 1 aromatic carbocycles. The summed E-state index contributed by atoms with van der Waals surface area (Å²) in [6.45, 7) is 3.63. The number of rotatable bonds is 3. The number of aliphatic hydroxyl groups is 1. The van der Waals surface area contributed by atoms with Crippen LogP contribution in [0.2, 0.25) is 0 Å². The first-order valence-electron chi connectivity index (χ1n) is 7.55. The molecule has 1 aliphatic rings. The van der Waals surface area contributed by atoms with Gasteiger partial charge in [-0.15, -0.1) is 0 Å². The highest BCUT2D eigenvalue weighted by Gasteiger charge is 2.31. The van der Waals surface area contributed by atoms with Crippen molar-refractivity contribution in [2.24, 2.45) is 5.92 Å². The number of alkyl halides is 3. The predicted molar refractivity (Wildman–Crippen MR) is 77.1 cm³/mol. The summed E-state index contributed by atoms with van der Waals surface area (Å²) in [6, 6.07) is 5.57. The molecule has 0 aromatic heterocycles. The van der Waals surface area contributed by atoms with E-state index in [0.29, 0.717) is 11.8 Å². The fourth-order valence-corrected chi connectivity index (χ4v) is 3.43. The molecule has 21 heavy (non-hydrogen) atoms. The van der Waals surface area contributed by atoms with Crippen molar-refractivity contribution in [2.75, 3.05) is 0 Å². The lowest BCUT2D eigenvalue weighted by molar-refractivity contribution is -0.137. The summed E-state index contributed by atoms with van der Waals surface area (Å²) in [6.07, 6.45) is 0.634. The van der Waals surface area contributed by atoms with Gasteiger partial charge in [0.1, 0.15) is 0 Å². The van der Waals surface area contributed by atoms with Crippen LogP contribution >= 0.6 is 0 Å². The first-order valence-corrected chi connectivity index (χ1v) is 7.55. The Kier molecular flexibility index (Phi) is 4.66. The van der Waals surface area contributed by atoms with Gasteiger partial charge in [-0.1, -0.05) is 25.0 Å². The van der Waals surface area contributed by atoms with Crippen LogP contribution in [0.1, 0.15) is 63.0 Å². The minimum atomic E-state index is -4.27. The van der Waals surface area contributed by atoms with Crippen molar-refractivity contribution in [3.63, 3.8) is 0 Å². The third kappa shape index (κ3) is 4.73. The third-order valence-corrected chi connectivity index (χ3v) is 4.28. The normalized spacial score (nSPS) is 24.1. The molecule has 4 heteroatoms. The predicted octanol–water partition coefficient (Wildman–Crippen LogP) is 5.14. The molecule has 0 saturated heterocycles. The Bertz CT molecular complexity index is 456. The second-order valence-electron chi connectivity index (χ2n) is 6.87. The van der Waals surface area contributed by atoms with Gasteiger partial charge in [-0.05, 0) is 62.6 Å². The van der Waals surface area contributed by atoms with Crippen LogP contribution in [-0.2, 0) is 6.18 Å². The maximum absolute atomic E-state index is 12.6. The smallest absolute Gasteiger partial charge is 0.390 e. The molecule has 1 aliphatic carbocycles. The molecular weight excluding hydrogens is 277 g/mol. The van der Waals surface area contributed by atoms with Crippen molar-refractivity contribution in [1.29, 1.82) is 0 Å². The Morgan fingerprint density at radius 3 is 2.24 bits per heavy atom. The molecule has 0 amide bonds. The second-order valence-corrected chi connectivity index (χ2v) is 6.87. The zero-order chi connectivity index (χ0) is 15.7. The lowest BCUT2D eigenvalue weighted by Gasteiger charge is -2.33. The number of hydrogen-bond acceptors (Lipinski definition) is 1. The summed E-state index contributed by atoms with van der Waals surface area (Å²) < 4.78 is 37.7. The lowest BCUT2D eigenvalue weighted by atomic mass is 9.74. The van der Waals surface area contributed by atoms with Gasteiger partial charge in [-0.3, -0.25) is 0 Å². The summed E-state index contributed by atoms with van der Waals surface area (Å²) in [5.74, 6) is 0.763. The van der Waals surface area contributed by atoms with E-state index < -0.39 is 17.3 Å². The van der Waals surface area contributed by atoms with Crippen LogP contribution in [0.15, 0.2) is 24.3 Å². The Labute approximate surface area is 124 Å². The molecule has 1 aromatic rings. The molecule has 0 spiro atoms. The Hall–Kier alpha value is -1.03. The SMILES string of the molecule is CC(C)(O)CC1CCCC(c2ccc(C(F)(F)F)cc2)C1. The number of benzene rings is 1. The number of hydrogen-bond donors (Lipinski definition) is 1. The van der Waals surface area contributed by atoms with Gasteiger partial charge in [0.15, 0.2) is 0 Å². The van der Waals surface area contributed by atoms with Crippen LogP contribution in [0.25, 0.3) is 0 Å². The first-order chi connectivity index (χ1) is 9.65. The third-order valence-electron chi connectivity index (χ3n) is 4.28. The van der Waals surface area contributed by atoms with E-state index in [0.717, 1.165) is 37.7 Å². The maximum atomic E-state index is 12.6. The zero-order valence-electron chi connectivity index (χ0n) is 12.6. The largest absolute Gasteiger partial charge is 0.416 e. The topological polar surface area (TPSA) is 20.2 Å². The summed E-state index contributed by atoms with van der Waals surface area (Å²) >= 11 is 0. The molecule has 2 atom stereocenters. The molecule has 2 unspecified atom stereocenters. The minimum Gasteiger partial charge on any atom is -0.390 e. The van der Waals surface area contributed by atoms with Gasteiger partial charge in [0, 0.05) is 0 Å². The van der Waals surface area contributed by atoms with E-state index in [1.54, 1.807) is 12.1 Å². The highest BCUT2D eigenvalue weighted by Crippen LogP contribution is 2.40. The molecule has 1 N–H and O–H groups in total. The van der Waals surface area contributed by atoms with Crippen LogP contribution in [0, 0.1) is 5.92 Å². The van der Waals surface area contributed by atoms with Gasteiger partial charge in [-0.25, -0.2) is 0 Å². The molecule has 118 valence electrons. The Morgan fingerprint density at radius 2 is 1.71 bits per heavy atom. The molecule has 0 heterocycles. The summed E-state index contributed by atoms with van der Waals surface area (Å²) in [4.78, 5) is 0. The lowest BCUT2D eigenvalue weighted by Crippen LogP contribution is -2.26. The van der Waals surface area contributed by atoms with Gasteiger partial charge in [0.2, 0.25) is 0 Å². The molecule has 0 bridgehead atoms. The average molecular weight is 300 g/mol. The van der Waals surface area contributed by atoms with Crippen LogP contribution < -0.4 is 0 Å². The fourth-order valence-electron chi connectivity index (χ4n) is 3.43. The standard InChI is InChI=1S/C17H23F3O/c1-16(2,21)11-12-4-3-5-14(10-12)13-6-8-15(9-7-13)17(18,19)20/h6-9,12,14,21H,3-5,10-11H2,1-2H3. The molecule has 0 radical (unpaired) electrons. The Morgan fingerprint density at radius 1 is 1.10 bits per heavy atom. The van der Waals surface area contributed by atoms with Gasteiger partial charge in [0.05, 0.1) is 11.2 Å². The highest BCUT2D eigenvalue weighted by atomic mass is 19.4. The quantitative estimate of drug-likeness (QED) is 0.819. The van der Waals surface area contributed by atoms with E-state index in [2.05, 4.69) is 0 Å².